The van der Waals surface area contributed by atoms with Gasteiger partial charge in [0, 0.05) is 39.8 Å². The Morgan fingerprint density at radius 2 is 1.95 bits per heavy atom. The molecule has 0 saturated carbocycles. The van der Waals surface area contributed by atoms with E-state index < -0.39 is 0 Å². The summed E-state index contributed by atoms with van der Waals surface area (Å²) in [6.45, 7) is 7.09. The zero-order chi connectivity index (χ0) is 15.1. The molecule has 1 aliphatic rings. The molecule has 1 saturated heterocycles. The molecule has 0 spiro atoms. The molecule has 1 fully saturated rings. The molecule has 2 rings (SSSR count). The highest BCUT2D eigenvalue weighted by Gasteiger charge is 2.23. The SMILES string of the molecule is COCC(C)C(=O)N1CCCN(Cc2ccccc2)CC1. The van der Waals surface area contributed by atoms with Crippen LogP contribution < -0.4 is 0 Å². The van der Waals surface area contributed by atoms with Crippen molar-refractivity contribution in [2.45, 2.75) is 19.9 Å². The van der Waals surface area contributed by atoms with E-state index in [-0.39, 0.29) is 11.8 Å². The van der Waals surface area contributed by atoms with E-state index >= 15 is 0 Å². The van der Waals surface area contributed by atoms with Gasteiger partial charge in [-0.1, -0.05) is 37.3 Å². The van der Waals surface area contributed by atoms with Gasteiger partial charge in [-0.25, -0.2) is 0 Å². The number of ether oxygens (including phenoxy) is 1. The normalized spacial score (nSPS) is 18.3. The lowest BCUT2D eigenvalue weighted by atomic mass is 10.1. The molecule has 1 amide bonds. The minimum atomic E-state index is -0.0457. The van der Waals surface area contributed by atoms with Crippen molar-refractivity contribution in [1.29, 1.82) is 0 Å². The molecular weight excluding hydrogens is 264 g/mol. The van der Waals surface area contributed by atoms with E-state index in [0.717, 1.165) is 39.1 Å². The lowest BCUT2D eigenvalue weighted by molar-refractivity contribution is -0.136. The van der Waals surface area contributed by atoms with Crippen LogP contribution >= 0.6 is 0 Å². The minimum Gasteiger partial charge on any atom is -0.384 e. The molecular formula is C17H26N2O2. The number of amides is 1. The summed E-state index contributed by atoms with van der Waals surface area (Å²) >= 11 is 0. The molecule has 1 heterocycles. The molecule has 0 aromatic heterocycles. The largest absolute Gasteiger partial charge is 0.384 e. The molecule has 1 atom stereocenters. The molecule has 0 radical (unpaired) electrons. The van der Waals surface area contributed by atoms with Gasteiger partial charge >= 0.3 is 0 Å². The molecule has 0 aliphatic carbocycles. The van der Waals surface area contributed by atoms with E-state index in [4.69, 9.17) is 4.74 Å². The van der Waals surface area contributed by atoms with E-state index in [9.17, 15) is 4.79 Å². The van der Waals surface area contributed by atoms with Crippen LogP contribution in [0.5, 0.6) is 0 Å². The van der Waals surface area contributed by atoms with E-state index in [1.54, 1.807) is 7.11 Å². The van der Waals surface area contributed by atoms with Crippen LogP contribution in [0.2, 0.25) is 0 Å². The first-order valence-corrected chi connectivity index (χ1v) is 7.74. The smallest absolute Gasteiger partial charge is 0.227 e. The Balaban J connectivity index is 1.85. The van der Waals surface area contributed by atoms with Crippen LogP contribution in [0.3, 0.4) is 0 Å². The maximum atomic E-state index is 12.3. The number of rotatable bonds is 5. The first kappa shape index (κ1) is 16.0. The fraction of sp³-hybridized carbons (Fsp3) is 0.588. The Bertz CT molecular complexity index is 436. The third-order valence-electron chi connectivity index (χ3n) is 3.99. The van der Waals surface area contributed by atoms with Crippen molar-refractivity contribution in [2.75, 3.05) is 39.9 Å². The van der Waals surface area contributed by atoms with Gasteiger partial charge in [0.25, 0.3) is 0 Å². The molecule has 4 nitrogen and oxygen atoms in total. The number of hydrogen-bond donors (Lipinski definition) is 0. The van der Waals surface area contributed by atoms with Crippen molar-refractivity contribution in [3.8, 4) is 0 Å². The van der Waals surface area contributed by atoms with Crippen molar-refractivity contribution in [2.24, 2.45) is 5.92 Å². The van der Waals surface area contributed by atoms with Crippen molar-refractivity contribution >= 4 is 5.91 Å². The van der Waals surface area contributed by atoms with Gasteiger partial charge in [-0.05, 0) is 12.0 Å². The number of carbonyl (C=O) groups is 1. The van der Waals surface area contributed by atoms with Gasteiger partial charge in [0.05, 0.1) is 12.5 Å². The van der Waals surface area contributed by atoms with Gasteiger partial charge in [-0.3, -0.25) is 9.69 Å². The third-order valence-corrected chi connectivity index (χ3v) is 3.99. The van der Waals surface area contributed by atoms with Crippen molar-refractivity contribution < 1.29 is 9.53 Å². The van der Waals surface area contributed by atoms with E-state index in [2.05, 4.69) is 29.2 Å². The van der Waals surface area contributed by atoms with Crippen molar-refractivity contribution in [1.82, 2.24) is 9.80 Å². The first-order valence-electron chi connectivity index (χ1n) is 7.74. The van der Waals surface area contributed by atoms with Gasteiger partial charge in [-0.15, -0.1) is 0 Å². The molecule has 1 aliphatic heterocycles. The Morgan fingerprint density at radius 1 is 1.19 bits per heavy atom. The van der Waals surface area contributed by atoms with Gasteiger partial charge in [0.15, 0.2) is 0 Å². The van der Waals surface area contributed by atoms with Crippen LogP contribution in [-0.4, -0.2) is 55.6 Å². The predicted octanol–water partition coefficient (Wildman–Crippen LogP) is 2.00. The van der Waals surface area contributed by atoms with Gasteiger partial charge in [-0.2, -0.15) is 0 Å². The van der Waals surface area contributed by atoms with Crippen LogP contribution in [0.15, 0.2) is 30.3 Å². The minimum absolute atomic E-state index is 0.0457. The van der Waals surface area contributed by atoms with Gasteiger partial charge in [0.1, 0.15) is 0 Å². The topological polar surface area (TPSA) is 32.8 Å². The van der Waals surface area contributed by atoms with Crippen LogP contribution in [0.4, 0.5) is 0 Å². The maximum Gasteiger partial charge on any atom is 0.227 e. The third kappa shape index (κ3) is 4.83. The zero-order valence-electron chi connectivity index (χ0n) is 13.1. The summed E-state index contributed by atoms with van der Waals surface area (Å²) in [6, 6.07) is 10.5. The molecule has 1 unspecified atom stereocenters. The Labute approximate surface area is 127 Å². The Morgan fingerprint density at radius 3 is 2.67 bits per heavy atom. The van der Waals surface area contributed by atoms with E-state index in [1.165, 1.54) is 5.56 Å². The number of nitrogens with zero attached hydrogens (tertiary/aromatic N) is 2. The summed E-state index contributed by atoms with van der Waals surface area (Å²) in [5.74, 6) is 0.175. The highest BCUT2D eigenvalue weighted by atomic mass is 16.5. The monoisotopic (exact) mass is 290 g/mol. The summed E-state index contributed by atoms with van der Waals surface area (Å²) < 4.78 is 5.09. The van der Waals surface area contributed by atoms with Crippen LogP contribution in [0.1, 0.15) is 18.9 Å². The first-order chi connectivity index (χ1) is 10.2. The van der Waals surface area contributed by atoms with Crippen molar-refractivity contribution in [3.63, 3.8) is 0 Å². The highest BCUT2D eigenvalue weighted by Crippen LogP contribution is 2.11. The Kier molecular flexibility index (Phi) is 6.21. The lowest BCUT2D eigenvalue weighted by Crippen LogP contribution is -2.39. The Hall–Kier alpha value is -1.39. The van der Waals surface area contributed by atoms with E-state index in [0.29, 0.717) is 6.61 Å². The van der Waals surface area contributed by atoms with Crippen molar-refractivity contribution in [3.05, 3.63) is 35.9 Å². The highest BCUT2D eigenvalue weighted by molar-refractivity contribution is 5.78. The summed E-state index contributed by atoms with van der Waals surface area (Å²) in [4.78, 5) is 16.8. The second-order valence-corrected chi connectivity index (χ2v) is 5.80. The average Bonchev–Trinajstić information content (AvgIpc) is 2.73. The molecule has 1 aromatic carbocycles. The zero-order valence-corrected chi connectivity index (χ0v) is 13.1. The van der Waals surface area contributed by atoms with E-state index in [1.807, 2.05) is 17.9 Å². The second-order valence-electron chi connectivity index (χ2n) is 5.80. The molecule has 0 N–H and O–H groups in total. The molecule has 21 heavy (non-hydrogen) atoms. The number of hydrogen-bond acceptors (Lipinski definition) is 3. The predicted molar refractivity (Wildman–Crippen MR) is 84.0 cm³/mol. The van der Waals surface area contributed by atoms with Crippen LogP contribution in [0, 0.1) is 5.92 Å². The maximum absolute atomic E-state index is 12.3. The van der Waals surface area contributed by atoms with Crippen LogP contribution in [0.25, 0.3) is 0 Å². The van der Waals surface area contributed by atoms with Gasteiger partial charge in [0.2, 0.25) is 5.91 Å². The summed E-state index contributed by atoms with van der Waals surface area (Å²) in [6.07, 6.45) is 1.04. The number of carbonyl (C=O) groups excluding carboxylic acids is 1. The summed E-state index contributed by atoms with van der Waals surface area (Å²) in [7, 11) is 1.65. The number of methoxy groups -OCH3 is 1. The van der Waals surface area contributed by atoms with Gasteiger partial charge < -0.3 is 9.64 Å². The fourth-order valence-corrected chi connectivity index (χ4v) is 2.82. The average molecular weight is 290 g/mol. The molecule has 116 valence electrons. The second kappa shape index (κ2) is 8.15. The lowest BCUT2D eigenvalue weighted by Gasteiger charge is -2.24. The molecule has 4 heteroatoms. The fourth-order valence-electron chi connectivity index (χ4n) is 2.82. The standard InChI is InChI=1S/C17H26N2O2/c1-15(14-21-2)17(20)19-10-6-9-18(11-12-19)13-16-7-4-3-5-8-16/h3-5,7-8,15H,6,9-14H2,1-2H3. The summed E-state index contributed by atoms with van der Waals surface area (Å²) in [5.41, 5.74) is 1.34. The summed E-state index contributed by atoms with van der Waals surface area (Å²) in [5, 5.41) is 0. The quantitative estimate of drug-likeness (QED) is 0.831. The molecule has 0 bridgehead atoms. The van der Waals surface area contributed by atoms with Crippen LogP contribution in [-0.2, 0) is 16.1 Å². The number of benzene rings is 1. The molecule has 1 aromatic rings.